The predicted molar refractivity (Wildman–Crippen MR) is 107 cm³/mol. The van der Waals surface area contributed by atoms with Gasteiger partial charge in [0.1, 0.15) is 5.82 Å². The third-order valence-electron chi connectivity index (χ3n) is 7.42. The maximum atomic E-state index is 14.5. The molecule has 0 aromatic heterocycles. The van der Waals surface area contributed by atoms with Gasteiger partial charge in [-0.1, -0.05) is 24.1 Å². The van der Waals surface area contributed by atoms with Crippen LogP contribution in [0.4, 0.5) is 4.39 Å². The van der Waals surface area contributed by atoms with Crippen molar-refractivity contribution in [1.29, 1.82) is 0 Å². The zero-order valence-electron chi connectivity index (χ0n) is 16.3. The Morgan fingerprint density at radius 1 is 1.19 bits per heavy atom. The highest BCUT2D eigenvalue weighted by atomic mass is 28.4. The van der Waals surface area contributed by atoms with E-state index in [-0.39, 0.29) is 16.8 Å². The van der Waals surface area contributed by atoms with Crippen molar-refractivity contribution in [3.05, 3.63) is 40.2 Å². The topological polar surface area (TPSA) is 52.3 Å². The quantitative estimate of drug-likeness (QED) is 0.762. The molecule has 6 heteroatoms. The predicted octanol–water partition coefficient (Wildman–Crippen LogP) is 4.41. The lowest BCUT2D eigenvalue weighted by molar-refractivity contribution is -0.121. The summed E-state index contributed by atoms with van der Waals surface area (Å²) in [4.78, 5) is 13.0. The number of allylic oxidation sites excluding steroid dienone is 1. The van der Waals surface area contributed by atoms with Crippen LogP contribution < -0.4 is 5.73 Å². The standard InChI is InChI=1S/C20H28FNO2Si2/c1-13-11-14-15(12-13)17(21)8-7-16(14)19-9-6-10-20(19,18(22)23)26(4,5)24-25(19,2)3/h7-8,11H,6,9-10,12H2,1-5H3,(H2,22,23). The number of carbonyl (C=O) groups excluding carboxylic acids is 1. The van der Waals surface area contributed by atoms with Gasteiger partial charge in [0, 0.05) is 5.04 Å². The second kappa shape index (κ2) is 5.17. The Balaban J connectivity index is 2.10. The number of benzene rings is 1. The highest BCUT2D eigenvalue weighted by molar-refractivity contribution is 6.96. The van der Waals surface area contributed by atoms with Crippen molar-refractivity contribution < 1.29 is 13.3 Å². The highest BCUT2D eigenvalue weighted by Crippen LogP contribution is 2.73. The summed E-state index contributed by atoms with van der Waals surface area (Å²) in [6.07, 6.45) is 5.46. The number of amides is 1. The van der Waals surface area contributed by atoms with E-state index >= 15 is 0 Å². The summed E-state index contributed by atoms with van der Waals surface area (Å²) in [5.41, 5.74) is 10.2. The normalized spacial score (nSPS) is 33.7. The molecule has 2 N–H and O–H groups in total. The van der Waals surface area contributed by atoms with E-state index in [1.54, 1.807) is 6.07 Å². The number of rotatable bonds is 2. The summed E-state index contributed by atoms with van der Waals surface area (Å²) >= 11 is 0. The molecule has 26 heavy (non-hydrogen) atoms. The number of hydrogen-bond acceptors (Lipinski definition) is 2. The molecule has 1 aliphatic heterocycles. The molecule has 1 aromatic carbocycles. The van der Waals surface area contributed by atoms with E-state index in [2.05, 4.69) is 32.3 Å². The van der Waals surface area contributed by atoms with E-state index in [0.29, 0.717) is 6.42 Å². The zero-order valence-corrected chi connectivity index (χ0v) is 18.3. The van der Waals surface area contributed by atoms with Gasteiger partial charge in [-0.3, -0.25) is 4.79 Å². The minimum atomic E-state index is -2.36. The van der Waals surface area contributed by atoms with Crippen molar-refractivity contribution in [2.45, 2.75) is 68.9 Å². The summed E-state index contributed by atoms with van der Waals surface area (Å²) in [5, 5.41) is -0.966. The fourth-order valence-electron chi connectivity index (χ4n) is 6.74. The van der Waals surface area contributed by atoms with Crippen LogP contribution in [0.1, 0.15) is 42.9 Å². The maximum Gasteiger partial charge on any atom is 0.223 e. The fourth-order valence-corrected chi connectivity index (χ4v) is 20.6. The summed E-state index contributed by atoms with van der Waals surface area (Å²) in [7, 11) is -4.67. The smallest absolute Gasteiger partial charge is 0.223 e. The van der Waals surface area contributed by atoms with E-state index in [1.807, 2.05) is 13.0 Å². The van der Waals surface area contributed by atoms with Gasteiger partial charge in [-0.2, -0.15) is 0 Å². The first-order valence-corrected chi connectivity index (χ1v) is 15.3. The molecule has 2 fully saturated rings. The molecule has 1 saturated heterocycles. The summed E-state index contributed by atoms with van der Waals surface area (Å²) < 4.78 is 21.3. The molecule has 1 saturated carbocycles. The minimum absolute atomic E-state index is 0.147. The van der Waals surface area contributed by atoms with Gasteiger partial charge in [0.2, 0.25) is 5.91 Å². The SMILES string of the molecule is CC1=Cc2c(C34CCCC3(C(N)=O)[Si](C)(C)O[Si]4(C)C)ccc(F)c2C1. The Kier molecular flexibility index (Phi) is 3.61. The summed E-state index contributed by atoms with van der Waals surface area (Å²) in [5.74, 6) is -0.354. The lowest BCUT2D eigenvalue weighted by Gasteiger charge is -2.46. The summed E-state index contributed by atoms with van der Waals surface area (Å²) in [6.45, 7) is 10.8. The Hall–Kier alpha value is -1.25. The van der Waals surface area contributed by atoms with Gasteiger partial charge in [0.15, 0.2) is 16.6 Å². The molecular formula is C20H28FNO2Si2. The first-order chi connectivity index (χ1) is 12.0. The average molecular weight is 390 g/mol. The van der Waals surface area contributed by atoms with Crippen LogP contribution in [-0.4, -0.2) is 22.5 Å². The molecule has 2 aliphatic carbocycles. The molecule has 1 amide bonds. The number of fused-ring (bicyclic) bond motifs is 2. The number of halogens is 1. The molecule has 0 radical (unpaired) electrons. The maximum absolute atomic E-state index is 14.5. The van der Waals surface area contributed by atoms with Crippen molar-refractivity contribution in [1.82, 2.24) is 0 Å². The van der Waals surface area contributed by atoms with Crippen LogP contribution >= 0.6 is 0 Å². The van der Waals surface area contributed by atoms with Crippen LogP contribution in [0, 0.1) is 5.82 Å². The number of carbonyl (C=O) groups is 1. The molecule has 4 rings (SSSR count). The number of nitrogens with two attached hydrogens (primary N) is 1. The largest absolute Gasteiger partial charge is 0.454 e. The van der Waals surface area contributed by atoms with Crippen LogP contribution in [0.25, 0.3) is 6.08 Å². The first-order valence-electron chi connectivity index (χ1n) is 9.49. The number of primary amides is 1. The lowest BCUT2D eigenvalue weighted by Crippen LogP contribution is -2.57. The van der Waals surface area contributed by atoms with Gasteiger partial charge >= 0.3 is 0 Å². The molecule has 3 aliphatic rings. The van der Waals surface area contributed by atoms with Crippen LogP contribution in [0.2, 0.25) is 31.2 Å². The zero-order chi connectivity index (χ0) is 19.1. The molecule has 2 atom stereocenters. The van der Waals surface area contributed by atoms with Crippen LogP contribution in [-0.2, 0) is 20.4 Å². The van der Waals surface area contributed by atoms with Crippen LogP contribution in [0.15, 0.2) is 17.7 Å². The van der Waals surface area contributed by atoms with E-state index in [0.717, 1.165) is 36.0 Å². The van der Waals surface area contributed by atoms with E-state index in [1.165, 1.54) is 5.57 Å². The van der Waals surface area contributed by atoms with Crippen molar-refractivity contribution in [3.63, 3.8) is 0 Å². The second-order valence-corrected chi connectivity index (χ2v) is 17.9. The van der Waals surface area contributed by atoms with Crippen molar-refractivity contribution >= 4 is 28.6 Å². The monoisotopic (exact) mass is 389 g/mol. The minimum Gasteiger partial charge on any atom is -0.454 e. The van der Waals surface area contributed by atoms with Gasteiger partial charge in [0.05, 0.1) is 5.04 Å². The van der Waals surface area contributed by atoms with Gasteiger partial charge in [0.25, 0.3) is 0 Å². The molecule has 140 valence electrons. The molecule has 0 bridgehead atoms. The third kappa shape index (κ3) is 1.83. The Labute approximate surface area is 157 Å². The number of hydrogen-bond donors (Lipinski definition) is 1. The Bertz CT molecular complexity index is 864. The Morgan fingerprint density at radius 2 is 1.88 bits per heavy atom. The molecule has 3 nitrogen and oxygen atoms in total. The molecule has 1 aromatic rings. The van der Waals surface area contributed by atoms with E-state index < -0.39 is 21.7 Å². The van der Waals surface area contributed by atoms with Gasteiger partial charge in [-0.05, 0) is 75.1 Å². The van der Waals surface area contributed by atoms with Crippen molar-refractivity contribution in [2.75, 3.05) is 0 Å². The second-order valence-electron chi connectivity index (χ2n) is 9.31. The summed E-state index contributed by atoms with van der Waals surface area (Å²) in [6, 6.07) is 3.52. The van der Waals surface area contributed by atoms with E-state index in [9.17, 15) is 9.18 Å². The molecule has 1 heterocycles. The first kappa shape index (κ1) is 18.1. The fraction of sp³-hybridized carbons (Fsp3) is 0.550. The molecule has 0 spiro atoms. The van der Waals surface area contributed by atoms with Crippen molar-refractivity contribution in [2.24, 2.45) is 5.73 Å². The van der Waals surface area contributed by atoms with Gasteiger partial charge in [-0.25, -0.2) is 4.39 Å². The lowest BCUT2D eigenvalue weighted by atomic mass is 9.82. The van der Waals surface area contributed by atoms with Gasteiger partial charge in [-0.15, -0.1) is 0 Å². The molecule has 2 unspecified atom stereocenters. The van der Waals surface area contributed by atoms with E-state index in [4.69, 9.17) is 9.85 Å². The highest BCUT2D eigenvalue weighted by Gasteiger charge is 2.79. The molecular weight excluding hydrogens is 361 g/mol. The third-order valence-corrected chi connectivity index (χ3v) is 17.7. The van der Waals surface area contributed by atoms with Crippen molar-refractivity contribution in [3.8, 4) is 0 Å². The van der Waals surface area contributed by atoms with Crippen LogP contribution in [0.3, 0.4) is 0 Å². The van der Waals surface area contributed by atoms with Gasteiger partial charge < -0.3 is 9.85 Å². The Morgan fingerprint density at radius 3 is 2.54 bits per heavy atom. The average Bonchev–Trinajstić information content (AvgIpc) is 3.12. The van der Waals surface area contributed by atoms with Crippen LogP contribution in [0.5, 0.6) is 0 Å².